The predicted molar refractivity (Wildman–Crippen MR) is 108 cm³/mol. The number of ether oxygens (including phenoxy) is 2. The zero-order chi connectivity index (χ0) is 20.3. The fourth-order valence-corrected chi connectivity index (χ4v) is 3.09. The van der Waals surface area contributed by atoms with Crippen LogP contribution < -0.4 is 21.1 Å². The molecular formula is C20H27N5O3. The van der Waals surface area contributed by atoms with Gasteiger partial charge in [-0.3, -0.25) is 4.98 Å². The van der Waals surface area contributed by atoms with Gasteiger partial charge in [-0.15, -0.1) is 0 Å². The molecule has 1 atom stereocenters. The number of nitrogens with zero attached hydrogens (tertiary/aromatic N) is 2. The number of nitrogens with one attached hydrogen (secondary N) is 2. The van der Waals surface area contributed by atoms with Crippen LogP contribution in [-0.4, -0.2) is 34.8 Å². The third-order valence-corrected chi connectivity index (χ3v) is 4.39. The summed E-state index contributed by atoms with van der Waals surface area (Å²) in [4.78, 5) is 20.7. The van der Waals surface area contributed by atoms with Gasteiger partial charge in [-0.1, -0.05) is 0 Å². The van der Waals surface area contributed by atoms with Crippen molar-refractivity contribution < 1.29 is 14.3 Å². The molecule has 4 N–H and O–H groups in total. The number of carbonyl (C=O) groups excluding carboxylic acids is 1. The highest BCUT2D eigenvalue weighted by molar-refractivity contribution is 5.71. The molecule has 8 heteroatoms. The van der Waals surface area contributed by atoms with Crippen molar-refractivity contribution in [3.63, 3.8) is 0 Å². The fraction of sp³-hybridized carbons (Fsp3) is 0.450. The molecule has 0 radical (unpaired) electrons. The van der Waals surface area contributed by atoms with Crippen LogP contribution in [0.1, 0.15) is 38.4 Å². The van der Waals surface area contributed by atoms with Gasteiger partial charge < -0.3 is 25.8 Å². The lowest BCUT2D eigenvalue weighted by Gasteiger charge is -2.27. The SMILES string of the molecule is COc1cnc(N)c(Nc2cnc3c(c2)CCC(NC(=O)OC(C)(C)C)C3)c1. The van der Waals surface area contributed by atoms with Crippen LogP contribution in [0.2, 0.25) is 0 Å². The molecule has 3 rings (SSSR count). The Morgan fingerprint density at radius 1 is 1.25 bits per heavy atom. The first-order valence-corrected chi connectivity index (χ1v) is 9.27. The standard InChI is InChI=1S/C20H27N5O3/c1-20(2,3)28-19(26)25-13-6-5-12-7-14(10-22-16(12)8-13)24-17-9-15(27-4)11-23-18(17)21/h7,9-11,13,24H,5-6,8H2,1-4H3,(H2,21,23)(H,25,26). The molecule has 1 amide bonds. The molecule has 0 saturated carbocycles. The number of aryl methyl sites for hydroxylation is 1. The molecule has 2 heterocycles. The molecular weight excluding hydrogens is 358 g/mol. The summed E-state index contributed by atoms with van der Waals surface area (Å²) in [5.41, 5.74) is 9.06. The van der Waals surface area contributed by atoms with Crippen LogP contribution in [-0.2, 0) is 17.6 Å². The van der Waals surface area contributed by atoms with Gasteiger partial charge in [0.1, 0.15) is 17.2 Å². The molecule has 0 fully saturated rings. The van der Waals surface area contributed by atoms with E-state index in [-0.39, 0.29) is 12.1 Å². The van der Waals surface area contributed by atoms with Crippen molar-refractivity contribution in [3.05, 3.63) is 35.8 Å². The predicted octanol–water partition coefficient (Wildman–Crippen LogP) is 3.19. The first kappa shape index (κ1) is 19.7. The van der Waals surface area contributed by atoms with Crippen molar-refractivity contribution in [2.75, 3.05) is 18.2 Å². The number of hydrogen-bond acceptors (Lipinski definition) is 7. The summed E-state index contributed by atoms with van der Waals surface area (Å²) in [6.07, 6.45) is 5.28. The lowest BCUT2D eigenvalue weighted by molar-refractivity contribution is 0.0500. The van der Waals surface area contributed by atoms with Crippen LogP contribution >= 0.6 is 0 Å². The number of pyridine rings is 2. The number of anilines is 3. The second-order valence-electron chi connectivity index (χ2n) is 7.85. The summed E-state index contributed by atoms with van der Waals surface area (Å²) in [5.74, 6) is 1.01. The van der Waals surface area contributed by atoms with E-state index < -0.39 is 5.60 Å². The Bertz CT molecular complexity index is 863. The third kappa shape index (κ3) is 5.03. The maximum absolute atomic E-state index is 12.0. The lowest BCUT2D eigenvalue weighted by atomic mass is 9.92. The molecule has 2 aromatic heterocycles. The number of nitrogens with two attached hydrogens (primary N) is 1. The molecule has 1 aliphatic carbocycles. The molecule has 0 aromatic carbocycles. The summed E-state index contributed by atoms with van der Waals surface area (Å²) >= 11 is 0. The zero-order valence-corrected chi connectivity index (χ0v) is 16.7. The van der Waals surface area contributed by atoms with Crippen LogP contribution in [0.15, 0.2) is 24.5 Å². The van der Waals surface area contributed by atoms with Crippen molar-refractivity contribution in [2.45, 2.75) is 51.7 Å². The number of fused-ring (bicyclic) bond motifs is 1. The Kier molecular flexibility index (Phi) is 5.58. The van der Waals surface area contributed by atoms with Gasteiger partial charge in [0.05, 0.1) is 30.9 Å². The van der Waals surface area contributed by atoms with Crippen molar-refractivity contribution >= 4 is 23.3 Å². The highest BCUT2D eigenvalue weighted by Crippen LogP contribution is 2.28. The van der Waals surface area contributed by atoms with Gasteiger partial charge in [0.15, 0.2) is 0 Å². The van der Waals surface area contributed by atoms with Gasteiger partial charge in [-0.2, -0.15) is 0 Å². The van der Waals surface area contributed by atoms with E-state index in [9.17, 15) is 4.79 Å². The average molecular weight is 385 g/mol. The molecule has 2 aromatic rings. The number of aromatic nitrogens is 2. The van der Waals surface area contributed by atoms with E-state index in [1.54, 1.807) is 25.6 Å². The van der Waals surface area contributed by atoms with Gasteiger partial charge >= 0.3 is 6.09 Å². The largest absolute Gasteiger partial charge is 0.495 e. The number of amides is 1. The van der Waals surface area contributed by atoms with Gasteiger partial charge in [0.2, 0.25) is 0 Å². The van der Waals surface area contributed by atoms with Crippen molar-refractivity contribution in [3.8, 4) is 5.75 Å². The van der Waals surface area contributed by atoms with E-state index in [0.717, 1.165) is 29.8 Å². The monoisotopic (exact) mass is 385 g/mol. The van der Waals surface area contributed by atoms with Crippen LogP contribution in [0.4, 0.5) is 22.0 Å². The maximum atomic E-state index is 12.0. The Morgan fingerprint density at radius 2 is 2.04 bits per heavy atom. The number of hydrogen-bond donors (Lipinski definition) is 3. The summed E-state index contributed by atoms with van der Waals surface area (Å²) in [5, 5.41) is 6.18. The summed E-state index contributed by atoms with van der Waals surface area (Å²) < 4.78 is 10.5. The third-order valence-electron chi connectivity index (χ3n) is 4.39. The lowest BCUT2D eigenvalue weighted by Crippen LogP contribution is -2.42. The highest BCUT2D eigenvalue weighted by atomic mass is 16.6. The van der Waals surface area contributed by atoms with Gasteiger partial charge in [-0.05, 0) is 45.2 Å². The first-order valence-electron chi connectivity index (χ1n) is 9.27. The Balaban J connectivity index is 1.66. The molecule has 28 heavy (non-hydrogen) atoms. The minimum atomic E-state index is -0.508. The van der Waals surface area contributed by atoms with Gasteiger partial charge in [-0.25, -0.2) is 9.78 Å². The quantitative estimate of drug-likeness (QED) is 0.741. The van der Waals surface area contributed by atoms with Gasteiger partial charge in [0.25, 0.3) is 0 Å². The van der Waals surface area contributed by atoms with E-state index in [2.05, 4.69) is 26.7 Å². The van der Waals surface area contributed by atoms with E-state index in [1.165, 1.54) is 0 Å². The topological polar surface area (TPSA) is 111 Å². The average Bonchev–Trinajstić information content (AvgIpc) is 2.62. The number of nitrogen functional groups attached to an aromatic ring is 1. The number of methoxy groups -OCH3 is 1. The Morgan fingerprint density at radius 3 is 2.75 bits per heavy atom. The highest BCUT2D eigenvalue weighted by Gasteiger charge is 2.24. The summed E-state index contributed by atoms with van der Waals surface area (Å²) in [6.45, 7) is 5.55. The van der Waals surface area contributed by atoms with Crippen LogP contribution in [0.25, 0.3) is 0 Å². The van der Waals surface area contributed by atoms with Crippen molar-refractivity contribution in [2.24, 2.45) is 0 Å². The maximum Gasteiger partial charge on any atom is 0.407 e. The minimum absolute atomic E-state index is 0.0203. The number of rotatable bonds is 4. The second-order valence-corrected chi connectivity index (χ2v) is 7.85. The Labute approximate surface area is 164 Å². The molecule has 1 unspecified atom stereocenters. The molecule has 0 saturated heterocycles. The first-order chi connectivity index (χ1) is 13.2. The second kappa shape index (κ2) is 7.92. The molecule has 150 valence electrons. The fourth-order valence-electron chi connectivity index (χ4n) is 3.09. The van der Waals surface area contributed by atoms with E-state index in [1.807, 2.05) is 20.8 Å². The van der Waals surface area contributed by atoms with Crippen LogP contribution in [0, 0.1) is 0 Å². The number of carbonyl (C=O) groups is 1. The van der Waals surface area contributed by atoms with Crippen molar-refractivity contribution in [1.29, 1.82) is 0 Å². The molecule has 0 spiro atoms. The minimum Gasteiger partial charge on any atom is -0.495 e. The van der Waals surface area contributed by atoms with E-state index in [4.69, 9.17) is 15.2 Å². The molecule has 0 bridgehead atoms. The molecule has 1 aliphatic rings. The van der Waals surface area contributed by atoms with Crippen LogP contribution in [0.5, 0.6) is 5.75 Å². The summed E-state index contributed by atoms with van der Waals surface area (Å²) in [7, 11) is 1.58. The summed E-state index contributed by atoms with van der Waals surface area (Å²) in [6, 6.07) is 3.87. The number of alkyl carbamates (subject to hydrolysis) is 1. The Hall–Kier alpha value is -3.03. The van der Waals surface area contributed by atoms with Crippen LogP contribution in [0.3, 0.4) is 0 Å². The van der Waals surface area contributed by atoms with E-state index in [0.29, 0.717) is 23.7 Å². The smallest absolute Gasteiger partial charge is 0.407 e. The zero-order valence-electron chi connectivity index (χ0n) is 16.7. The molecule has 8 nitrogen and oxygen atoms in total. The molecule has 0 aliphatic heterocycles. The van der Waals surface area contributed by atoms with Gasteiger partial charge in [0, 0.05) is 24.2 Å². The normalized spacial score (nSPS) is 16.1. The van der Waals surface area contributed by atoms with Crippen molar-refractivity contribution in [1.82, 2.24) is 15.3 Å². The van der Waals surface area contributed by atoms with E-state index >= 15 is 0 Å².